The van der Waals surface area contributed by atoms with Crippen LogP contribution in [0.5, 0.6) is 5.88 Å². The maximum absolute atomic E-state index is 5.97. The van der Waals surface area contributed by atoms with Gasteiger partial charge >= 0.3 is 0 Å². The van der Waals surface area contributed by atoms with Crippen LogP contribution in [-0.2, 0) is 0 Å². The highest BCUT2D eigenvalue weighted by molar-refractivity contribution is 7.13. The van der Waals surface area contributed by atoms with Crippen molar-refractivity contribution in [2.75, 3.05) is 24.6 Å². The minimum Gasteiger partial charge on any atom is -0.476 e. The molecule has 0 N–H and O–H groups in total. The summed E-state index contributed by atoms with van der Waals surface area (Å²) in [4.78, 5) is 11.4. The van der Waals surface area contributed by atoms with Gasteiger partial charge in [0.1, 0.15) is 0 Å². The van der Waals surface area contributed by atoms with E-state index in [2.05, 4.69) is 20.0 Å². The van der Waals surface area contributed by atoms with Crippen LogP contribution < -0.4 is 9.64 Å². The van der Waals surface area contributed by atoms with Gasteiger partial charge in [-0.3, -0.25) is 0 Å². The second-order valence-corrected chi connectivity index (χ2v) is 7.84. The van der Waals surface area contributed by atoms with Crippen molar-refractivity contribution in [2.45, 2.75) is 31.6 Å². The molecule has 130 valence electrons. The Labute approximate surface area is 150 Å². The number of hydrogen-bond acceptors (Lipinski definition) is 6. The molecule has 3 aromatic rings. The number of piperidine rings is 1. The molecule has 1 aliphatic carbocycles. The van der Waals surface area contributed by atoms with Crippen molar-refractivity contribution >= 4 is 22.1 Å². The van der Waals surface area contributed by atoms with Gasteiger partial charge in [-0.1, -0.05) is 0 Å². The van der Waals surface area contributed by atoms with Gasteiger partial charge in [0.25, 0.3) is 0 Å². The molecule has 1 saturated heterocycles. The van der Waals surface area contributed by atoms with E-state index in [0.717, 1.165) is 43.3 Å². The van der Waals surface area contributed by atoms with Gasteiger partial charge in [0.15, 0.2) is 10.8 Å². The topological polar surface area (TPSA) is 55.5 Å². The number of aromatic nitrogens is 4. The van der Waals surface area contributed by atoms with Crippen molar-refractivity contribution in [2.24, 2.45) is 5.92 Å². The summed E-state index contributed by atoms with van der Waals surface area (Å²) in [7, 11) is 0. The number of hydrogen-bond donors (Lipinski definition) is 0. The fraction of sp³-hybridized carbons (Fsp3) is 0.500. The molecule has 7 heteroatoms. The van der Waals surface area contributed by atoms with Crippen LogP contribution in [0.25, 0.3) is 5.65 Å². The van der Waals surface area contributed by atoms with Crippen molar-refractivity contribution < 1.29 is 4.74 Å². The fourth-order valence-corrected chi connectivity index (χ4v) is 4.10. The second-order valence-electron chi connectivity index (χ2n) is 6.97. The maximum atomic E-state index is 5.97. The Morgan fingerprint density at radius 2 is 2.04 bits per heavy atom. The van der Waals surface area contributed by atoms with E-state index in [1.165, 1.54) is 18.5 Å². The highest BCUT2D eigenvalue weighted by Crippen LogP contribution is 2.39. The van der Waals surface area contributed by atoms with Gasteiger partial charge in [0, 0.05) is 36.7 Å². The molecule has 0 unspecified atom stereocenters. The van der Waals surface area contributed by atoms with Crippen molar-refractivity contribution in [3.8, 4) is 5.88 Å². The van der Waals surface area contributed by atoms with Gasteiger partial charge in [-0.15, -0.1) is 16.4 Å². The first kappa shape index (κ1) is 15.1. The third kappa shape index (κ3) is 3.20. The third-order valence-corrected chi connectivity index (χ3v) is 5.91. The van der Waals surface area contributed by atoms with Crippen molar-refractivity contribution in [1.29, 1.82) is 0 Å². The van der Waals surface area contributed by atoms with E-state index in [9.17, 15) is 0 Å². The summed E-state index contributed by atoms with van der Waals surface area (Å²) in [6.07, 6.45) is 8.71. The molecule has 5 rings (SSSR count). The molecule has 2 aliphatic rings. The van der Waals surface area contributed by atoms with E-state index in [1.54, 1.807) is 11.3 Å². The lowest BCUT2D eigenvalue weighted by Crippen LogP contribution is -2.35. The van der Waals surface area contributed by atoms with Crippen LogP contribution in [0.4, 0.5) is 5.13 Å². The summed E-state index contributed by atoms with van der Waals surface area (Å²) in [6, 6.07) is 3.93. The van der Waals surface area contributed by atoms with Gasteiger partial charge < -0.3 is 9.64 Å². The number of fused-ring (bicyclic) bond motifs is 1. The molecule has 0 amide bonds. The zero-order valence-electron chi connectivity index (χ0n) is 14.0. The summed E-state index contributed by atoms with van der Waals surface area (Å²) >= 11 is 1.72. The summed E-state index contributed by atoms with van der Waals surface area (Å²) in [6.45, 7) is 2.84. The monoisotopic (exact) mass is 355 g/mol. The Balaban J connectivity index is 1.18. The van der Waals surface area contributed by atoms with E-state index < -0.39 is 0 Å². The van der Waals surface area contributed by atoms with Gasteiger partial charge in [0.05, 0.1) is 18.5 Å². The first-order valence-corrected chi connectivity index (χ1v) is 9.87. The van der Waals surface area contributed by atoms with Crippen LogP contribution in [0, 0.1) is 5.92 Å². The van der Waals surface area contributed by atoms with E-state index in [-0.39, 0.29) is 0 Å². The van der Waals surface area contributed by atoms with Crippen LogP contribution in [-0.4, -0.2) is 39.3 Å². The van der Waals surface area contributed by atoms with E-state index in [4.69, 9.17) is 4.74 Å². The number of ether oxygens (including phenoxy) is 1. The smallest absolute Gasteiger partial charge is 0.231 e. The van der Waals surface area contributed by atoms with Crippen LogP contribution in [0.3, 0.4) is 0 Å². The van der Waals surface area contributed by atoms with E-state index >= 15 is 0 Å². The highest BCUT2D eigenvalue weighted by Gasteiger charge is 2.26. The Morgan fingerprint density at radius 3 is 2.80 bits per heavy atom. The molecule has 25 heavy (non-hydrogen) atoms. The third-order valence-electron chi connectivity index (χ3n) is 5.08. The fourth-order valence-electron chi connectivity index (χ4n) is 3.40. The second kappa shape index (κ2) is 6.29. The molecule has 1 saturated carbocycles. The SMILES string of the molecule is c1csc(N2CCC(COc3ccc4nc(C5CC5)cn4n3)CC2)n1. The first-order valence-electron chi connectivity index (χ1n) is 8.99. The zero-order chi connectivity index (χ0) is 16.6. The van der Waals surface area contributed by atoms with Crippen LogP contribution in [0.2, 0.25) is 0 Å². The Hall–Kier alpha value is -2.15. The molecular formula is C18H21N5OS. The number of thiazole rings is 1. The lowest BCUT2D eigenvalue weighted by atomic mass is 9.98. The van der Waals surface area contributed by atoms with Crippen molar-refractivity contribution in [3.05, 3.63) is 35.6 Å². The number of rotatable bonds is 5. The maximum Gasteiger partial charge on any atom is 0.231 e. The quantitative estimate of drug-likeness (QED) is 0.702. The van der Waals surface area contributed by atoms with E-state index in [0.29, 0.717) is 17.7 Å². The lowest BCUT2D eigenvalue weighted by Gasteiger charge is -2.31. The summed E-state index contributed by atoms with van der Waals surface area (Å²) in [5, 5.41) is 7.74. The van der Waals surface area contributed by atoms with Gasteiger partial charge in [-0.25, -0.2) is 14.5 Å². The summed E-state index contributed by atoms with van der Waals surface area (Å²) < 4.78 is 7.83. The Kier molecular flexibility index (Phi) is 3.81. The Morgan fingerprint density at radius 1 is 1.16 bits per heavy atom. The molecule has 0 bridgehead atoms. The Bertz CT molecular complexity index is 850. The number of nitrogens with zero attached hydrogens (tertiary/aromatic N) is 5. The van der Waals surface area contributed by atoms with Crippen LogP contribution in [0.15, 0.2) is 29.9 Å². The number of imidazole rings is 1. The molecule has 1 aliphatic heterocycles. The predicted octanol–water partition coefficient (Wildman–Crippen LogP) is 3.36. The normalized spacial score (nSPS) is 18.8. The first-order chi connectivity index (χ1) is 12.3. The van der Waals surface area contributed by atoms with Crippen LogP contribution in [0.1, 0.15) is 37.3 Å². The minimum absolute atomic E-state index is 0.582. The molecule has 0 radical (unpaired) electrons. The highest BCUT2D eigenvalue weighted by atomic mass is 32.1. The molecule has 4 heterocycles. The molecule has 3 aromatic heterocycles. The van der Waals surface area contributed by atoms with Gasteiger partial charge in [-0.2, -0.15) is 0 Å². The van der Waals surface area contributed by atoms with Crippen molar-refractivity contribution in [3.63, 3.8) is 0 Å². The molecular weight excluding hydrogens is 334 g/mol. The standard InChI is InChI=1S/C18H21N5OS/c1-2-14(1)15-11-23-16(20-15)3-4-17(21-23)24-12-13-5-8-22(9-6-13)18-19-7-10-25-18/h3-4,7,10-11,13-14H,1-2,5-6,8-9,12H2. The summed E-state index contributed by atoms with van der Waals surface area (Å²) in [5.74, 6) is 1.92. The average Bonchev–Trinajstić information content (AvgIpc) is 3.19. The zero-order valence-corrected chi connectivity index (χ0v) is 14.9. The van der Waals surface area contributed by atoms with Crippen LogP contribution >= 0.6 is 11.3 Å². The minimum atomic E-state index is 0.582. The molecule has 0 atom stereocenters. The van der Waals surface area contributed by atoms with Gasteiger partial charge in [-0.05, 0) is 37.7 Å². The van der Waals surface area contributed by atoms with E-state index in [1.807, 2.05) is 34.4 Å². The molecule has 0 aromatic carbocycles. The average molecular weight is 355 g/mol. The molecule has 6 nitrogen and oxygen atoms in total. The number of anilines is 1. The van der Waals surface area contributed by atoms with Gasteiger partial charge in [0.2, 0.25) is 5.88 Å². The lowest BCUT2D eigenvalue weighted by molar-refractivity contribution is 0.214. The largest absolute Gasteiger partial charge is 0.476 e. The summed E-state index contributed by atoms with van der Waals surface area (Å²) in [5.41, 5.74) is 2.07. The van der Waals surface area contributed by atoms with Crippen molar-refractivity contribution in [1.82, 2.24) is 19.6 Å². The predicted molar refractivity (Wildman–Crippen MR) is 97.5 cm³/mol. The molecule has 0 spiro atoms. The molecule has 2 fully saturated rings.